The number of carbonyl (C=O) groups is 1. The number of para-hydroxylation sites is 2. The van der Waals surface area contributed by atoms with Gasteiger partial charge in [-0.05, 0) is 29.8 Å². The van der Waals surface area contributed by atoms with E-state index >= 15 is 0 Å². The summed E-state index contributed by atoms with van der Waals surface area (Å²) in [4.78, 5) is 32.1. The number of sulfonamides is 2. The minimum Gasteiger partial charge on any atom is -0.468 e. The van der Waals surface area contributed by atoms with Crippen molar-refractivity contribution in [2.24, 2.45) is 0 Å². The first-order valence-electron chi connectivity index (χ1n) is 10.6. The molecular weight excluding hydrogens is 563 g/mol. The van der Waals surface area contributed by atoms with E-state index in [0.717, 1.165) is 55.6 Å². The Bertz CT molecular complexity index is 1630. The molecule has 0 saturated heterocycles. The summed E-state index contributed by atoms with van der Waals surface area (Å²) in [6.45, 7) is 0. The van der Waals surface area contributed by atoms with Crippen molar-refractivity contribution in [3.05, 3.63) is 104 Å². The number of hydrogen-bond acceptors (Lipinski definition) is 10. The highest BCUT2D eigenvalue weighted by Gasteiger charge is 2.40. The first-order valence-corrected chi connectivity index (χ1v) is 13.6. The summed E-state index contributed by atoms with van der Waals surface area (Å²) < 4.78 is 75.3. The number of rotatable bonds is 11. The van der Waals surface area contributed by atoms with Gasteiger partial charge in [-0.1, -0.05) is 36.4 Å². The van der Waals surface area contributed by atoms with Crippen LogP contribution in [-0.2, 0) is 29.6 Å². The molecule has 0 spiro atoms. The van der Waals surface area contributed by atoms with E-state index in [0.29, 0.717) is 0 Å². The lowest BCUT2D eigenvalue weighted by Gasteiger charge is -2.27. The van der Waals surface area contributed by atoms with Gasteiger partial charge >= 0.3 is 5.97 Å². The van der Waals surface area contributed by atoms with E-state index in [9.17, 15) is 46.2 Å². The molecule has 0 bridgehead atoms. The van der Waals surface area contributed by atoms with Crippen LogP contribution in [0.15, 0.2) is 82.6 Å². The Morgan fingerprint density at radius 1 is 0.795 bits per heavy atom. The number of nitrogens with zero attached hydrogens (tertiary/aromatic N) is 2. The fraction of sp³-hybridized carbons (Fsp3) is 0.136. The second kappa shape index (κ2) is 11.6. The lowest BCUT2D eigenvalue weighted by Crippen LogP contribution is -2.51. The van der Waals surface area contributed by atoms with Gasteiger partial charge in [-0.25, -0.2) is 25.9 Å². The topological polar surface area (TPSA) is 205 Å². The summed E-state index contributed by atoms with van der Waals surface area (Å²) in [5, 5.41) is 22.8. The fourth-order valence-corrected chi connectivity index (χ4v) is 6.29. The summed E-state index contributed by atoms with van der Waals surface area (Å²) in [5.74, 6) is -2.09. The third-order valence-corrected chi connectivity index (χ3v) is 8.26. The van der Waals surface area contributed by atoms with Crippen molar-refractivity contribution in [3.8, 4) is 0 Å². The highest BCUT2D eigenvalue weighted by molar-refractivity contribution is 7.90. The molecule has 3 aromatic rings. The Morgan fingerprint density at radius 3 is 1.67 bits per heavy atom. The molecule has 17 heteroatoms. The van der Waals surface area contributed by atoms with Gasteiger partial charge in [0.2, 0.25) is 20.0 Å². The summed E-state index contributed by atoms with van der Waals surface area (Å²) in [6.07, 6.45) is 0. The van der Waals surface area contributed by atoms with Crippen molar-refractivity contribution in [3.63, 3.8) is 0 Å². The molecule has 206 valence electrons. The molecule has 0 unspecified atom stereocenters. The number of ether oxygens (including phenoxy) is 1. The normalized spacial score (nSPS) is 13.3. The first kappa shape index (κ1) is 29.2. The summed E-state index contributed by atoms with van der Waals surface area (Å²) >= 11 is 0. The predicted molar refractivity (Wildman–Crippen MR) is 132 cm³/mol. The van der Waals surface area contributed by atoms with Crippen LogP contribution >= 0.6 is 0 Å². The quantitative estimate of drug-likeness (QED) is 0.191. The van der Waals surface area contributed by atoms with E-state index in [4.69, 9.17) is 0 Å². The largest absolute Gasteiger partial charge is 0.468 e. The molecule has 39 heavy (non-hydrogen) atoms. The minimum atomic E-state index is -4.90. The number of nitro benzene ring substituents is 2. The summed E-state index contributed by atoms with van der Waals surface area (Å²) in [5.41, 5.74) is -1.82. The van der Waals surface area contributed by atoms with Crippen LogP contribution < -0.4 is 9.44 Å². The van der Waals surface area contributed by atoms with Gasteiger partial charge in [0.25, 0.3) is 11.4 Å². The van der Waals surface area contributed by atoms with Crippen molar-refractivity contribution in [1.82, 2.24) is 9.44 Å². The van der Waals surface area contributed by atoms with E-state index in [1.807, 2.05) is 4.72 Å². The van der Waals surface area contributed by atoms with E-state index in [-0.39, 0.29) is 5.56 Å². The number of esters is 1. The zero-order chi connectivity index (χ0) is 29.0. The maximum atomic E-state index is 13.7. The monoisotopic (exact) mass is 582 g/mol. The van der Waals surface area contributed by atoms with Crippen molar-refractivity contribution >= 4 is 37.4 Å². The highest BCUT2D eigenvalue weighted by atomic mass is 32.2. The molecule has 0 radical (unpaired) electrons. The first-order chi connectivity index (χ1) is 18.3. The van der Waals surface area contributed by atoms with Crippen LogP contribution in [0.2, 0.25) is 0 Å². The van der Waals surface area contributed by atoms with Gasteiger partial charge in [-0.2, -0.15) is 4.72 Å². The van der Waals surface area contributed by atoms with Crippen molar-refractivity contribution in [1.29, 1.82) is 0 Å². The van der Waals surface area contributed by atoms with Crippen LogP contribution in [0.1, 0.15) is 11.6 Å². The minimum absolute atomic E-state index is 0.153. The van der Waals surface area contributed by atoms with E-state index in [1.165, 1.54) is 24.3 Å². The number of carbonyl (C=O) groups excluding carboxylic acids is 1. The van der Waals surface area contributed by atoms with Crippen molar-refractivity contribution in [2.45, 2.75) is 21.9 Å². The molecule has 3 rings (SSSR count). The molecule has 0 amide bonds. The summed E-state index contributed by atoms with van der Waals surface area (Å²) in [6, 6.07) is 8.28. The SMILES string of the molecule is COC(=O)[C@H](NS(=O)(=O)c1ccccc1[N+](=O)[O-])[C@H](NS(=O)(=O)c1ccccc1[N+](=O)[O-])c1ccc(F)cc1. The smallest absolute Gasteiger partial charge is 0.325 e. The third kappa shape index (κ3) is 6.58. The molecule has 0 saturated carbocycles. The predicted octanol–water partition coefficient (Wildman–Crippen LogP) is 2.18. The van der Waals surface area contributed by atoms with Gasteiger partial charge in [-0.15, -0.1) is 0 Å². The van der Waals surface area contributed by atoms with Crippen LogP contribution in [-0.4, -0.2) is 45.8 Å². The van der Waals surface area contributed by atoms with Crippen molar-refractivity contribution < 1.29 is 40.6 Å². The van der Waals surface area contributed by atoms with E-state index < -0.39 is 74.9 Å². The Hall–Kier alpha value is -4.32. The number of nitro groups is 2. The zero-order valence-electron chi connectivity index (χ0n) is 19.8. The lowest BCUT2D eigenvalue weighted by atomic mass is 10.0. The molecule has 3 aromatic carbocycles. The molecule has 0 heterocycles. The van der Waals surface area contributed by atoms with Gasteiger partial charge in [-0.3, -0.25) is 25.0 Å². The van der Waals surface area contributed by atoms with Crippen molar-refractivity contribution in [2.75, 3.05) is 7.11 Å². The second-order valence-electron chi connectivity index (χ2n) is 7.72. The van der Waals surface area contributed by atoms with Crippen LogP contribution in [0.3, 0.4) is 0 Å². The standard InChI is InChI=1S/C22H19FN4O10S2/c1-37-22(28)21(25-39(35,36)19-9-5-3-7-17(19)27(31)32)20(14-10-12-15(23)13-11-14)24-38(33,34)18-8-4-2-6-16(18)26(29)30/h2-13,20-21,24-25H,1H3/t20-,21-/m1/s1. The van der Waals surface area contributed by atoms with Crippen LogP contribution in [0.4, 0.5) is 15.8 Å². The molecule has 0 aliphatic carbocycles. The lowest BCUT2D eigenvalue weighted by molar-refractivity contribution is -0.388. The van der Waals surface area contributed by atoms with Gasteiger partial charge in [0.15, 0.2) is 9.79 Å². The molecule has 14 nitrogen and oxygen atoms in total. The van der Waals surface area contributed by atoms with Gasteiger partial charge in [0.1, 0.15) is 11.9 Å². The van der Waals surface area contributed by atoms with E-state index in [1.54, 1.807) is 0 Å². The Kier molecular flexibility index (Phi) is 8.70. The van der Waals surface area contributed by atoms with Crippen LogP contribution in [0.25, 0.3) is 0 Å². The number of nitrogens with one attached hydrogen (secondary N) is 2. The fourth-order valence-electron chi connectivity index (χ4n) is 3.51. The molecule has 0 aliphatic heterocycles. The Morgan fingerprint density at radius 2 is 1.23 bits per heavy atom. The molecule has 0 aromatic heterocycles. The van der Waals surface area contributed by atoms with Crippen LogP contribution in [0, 0.1) is 26.0 Å². The number of benzene rings is 3. The molecule has 0 aliphatic rings. The molecule has 2 atom stereocenters. The molecule has 2 N–H and O–H groups in total. The third-order valence-electron chi connectivity index (χ3n) is 5.28. The van der Waals surface area contributed by atoms with Gasteiger partial charge < -0.3 is 4.74 Å². The maximum Gasteiger partial charge on any atom is 0.325 e. The maximum absolute atomic E-state index is 13.7. The van der Waals surface area contributed by atoms with Gasteiger partial charge in [0.05, 0.1) is 23.0 Å². The Balaban J connectivity index is 2.18. The second-order valence-corrected chi connectivity index (χ2v) is 11.1. The average Bonchev–Trinajstić information content (AvgIpc) is 2.90. The summed E-state index contributed by atoms with van der Waals surface area (Å²) in [7, 11) is -8.89. The Labute approximate surface area is 220 Å². The number of halogens is 1. The number of methoxy groups -OCH3 is 1. The molecule has 0 fully saturated rings. The van der Waals surface area contributed by atoms with Gasteiger partial charge in [0, 0.05) is 12.1 Å². The zero-order valence-corrected chi connectivity index (χ0v) is 21.4. The average molecular weight is 583 g/mol. The molecular formula is C22H19FN4O10S2. The van der Waals surface area contributed by atoms with E-state index in [2.05, 4.69) is 9.46 Å². The number of hydrogen-bond donors (Lipinski definition) is 2. The highest BCUT2D eigenvalue weighted by Crippen LogP contribution is 2.29. The van der Waals surface area contributed by atoms with Crippen LogP contribution in [0.5, 0.6) is 0 Å².